The number of hydrogen-bond acceptors (Lipinski definition) is 4. The van der Waals surface area contributed by atoms with Gasteiger partial charge in [0.2, 0.25) is 5.95 Å². The molecule has 3 rings (SSSR count). The van der Waals surface area contributed by atoms with E-state index in [4.69, 9.17) is 0 Å². The van der Waals surface area contributed by atoms with Gasteiger partial charge in [0.15, 0.2) is 0 Å². The van der Waals surface area contributed by atoms with Crippen LogP contribution in [0.1, 0.15) is 6.92 Å². The summed E-state index contributed by atoms with van der Waals surface area (Å²) in [5, 5.41) is 1.07. The van der Waals surface area contributed by atoms with Crippen molar-refractivity contribution in [3.8, 4) is 0 Å². The molecule has 1 aromatic carbocycles. The average molecular weight is 321 g/mol. The maximum atomic E-state index is 4.67. The van der Waals surface area contributed by atoms with Gasteiger partial charge in [-0.3, -0.25) is 0 Å². The molecule has 1 aliphatic rings. The molecule has 0 N–H and O–H groups in total. The normalized spacial score (nSPS) is 17.1. The van der Waals surface area contributed by atoms with Gasteiger partial charge in [-0.05, 0) is 24.7 Å². The minimum absolute atomic E-state index is 0.852. The van der Waals surface area contributed by atoms with Gasteiger partial charge in [-0.25, -0.2) is 9.97 Å². The zero-order chi connectivity index (χ0) is 13.2. The molecule has 5 heteroatoms. The predicted molar refractivity (Wildman–Crippen MR) is 81.6 cm³/mol. The number of aromatic nitrogens is 2. The molecule has 0 radical (unpaired) electrons. The van der Waals surface area contributed by atoms with Gasteiger partial charge >= 0.3 is 0 Å². The molecule has 1 aromatic heterocycles. The molecule has 19 heavy (non-hydrogen) atoms. The highest BCUT2D eigenvalue weighted by Crippen LogP contribution is 2.20. The number of hydrogen-bond donors (Lipinski definition) is 0. The summed E-state index contributed by atoms with van der Waals surface area (Å²) < 4.78 is 1.06. The summed E-state index contributed by atoms with van der Waals surface area (Å²) in [5.41, 5.74) is 1.01. The Kier molecular flexibility index (Phi) is 3.66. The largest absolute Gasteiger partial charge is 0.338 e. The lowest BCUT2D eigenvalue weighted by molar-refractivity contribution is 0.270. The van der Waals surface area contributed by atoms with Crippen LogP contribution in [0.15, 0.2) is 28.9 Å². The van der Waals surface area contributed by atoms with E-state index in [1.54, 1.807) is 0 Å². The lowest BCUT2D eigenvalue weighted by Gasteiger charge is -2.34. The molecule has 1 saturated heterocycles. The molecule has 100 valence electrons. The van der Waals surface area contributed by atoms with Crippen LogP contribution in [0.4, 0.5) is 5.95 Å². The molecular formula is C14H17BrN4. The van der Waals surface area contributed by atoms with Crippen molar-refractivity contribution < 1.29 is 0 Å². The summed E-state index contributed by atoms with van der Waals surface area (Å²) >= 11 is 3.47. The fraction of sp³-hybridized carbons (Fsp3) is 0.429. The van der Waals surface area contributed by atoms with Crippen molar-refractivity contribution in [2.45, 2.75) is 6.92 Å². The lowest BCUT2D eigenvalue weighted by Crippen LogP contribution is -2.46. The highest BCUT2D eigenvalue weighted by molar-refractivity contribution is 9.10. The molecule has 0 atom stereocenters. The Bertz CT molecular complexity index is 579. The topological polar surface area (TPSA) is 32.3 Å². The first-order valence-corrected chi connectivity index (χ1v) is 7.45. The van der Waals surface area contributed by atoms with Gasteiger partial charge in [-0.2, -0.15) is 0 Å². The molecule has 0 amide bonds. The van der Waals surface area contributed by atoms with Gasteiger partial charge in [0.05, 0.1) is 5.52 Å². The molecule has 0 aliphatic carbocycles. The highest BCUT2D eigenvalue weighted by atomic mass is 79.9. The Morgan fingerprint density at radius 1 is 1.21 bits per heavy atom. The van der Waals surface area contributed by atoms with Crippen molar-refractivity contribution >= 4 is 32.8 Å². The highest BCUT2D eigenvalue weighted by Gasteiger charge is 2.17. The summed E-state index contributed by atoms with van der Waals surface area (Å²) in [4.78, 5) is 13.9. The Labute approximate surface area is 121 Å². The van der Waals surface area contributed by atoms with Crippen LogP contribution in [0.3, 0.4) is 0 Å². The number of anilines is 1. The Morgan fingerprint density at radius 2 is 2.00 bits per heavy atom. The SMILES string of the molecule is CCN1CCN(c2ncc3cc(Br)ccc3n2)CC1. The number of nitrogens with zero attached hydrogens (tertiary/aromatic N) is 4. The van der Waals surface area contributed by atoms with Crippen LogP contribution in [0.25, 0.3) is 10.9 Å². The third kappa shape index (κ3) is 2.72. The molecule has 1 fully saturated rings. The Hall–Kier alpha value is -1.20. The van der Waals surface area contributed by atoms with Crippen LogP contribution in [0, 0.1) is 0 Å². The van der Waals surface area contributed by atoms with E-state index in [1.165, 1.54) is 0 Å². The number of benzene rings is 1. The minimum atomic E-state index is 0.852. The van der Waals surface area contributed by atoms with E-state index >= 15 is 0 Å². The molecular weight excluding hydrogens is 304 g/mol. The van der Waals surface area contributed by atoms with Crippen LogP contribution in [-0.4, -0.2) is 47.6 Å². The molecule has 0 spiro atoms. The van der Waals surface area contributed by atoms with Gasteiger partial charge in [0.1, 0.15) is 0 Å². The lowest BCUT2D eigenvalue weighted by atomic mass is 10.2. The molecule has 1 aliphatic heterocycles. The third-order valence-electron chi connectivity index (χ3n) is 3.63. The van der Waals surface area contributed by atoms with Crippen molar-refractivity contribution in [1.29, 1.82) is 0 Å². The van der Waals surface area contributed by atoms with Gasteiger partial charge in [-0.1, -0.05) is 22.9 Å². The van der Waals surface area contributed by atoms with Crippen molar-refractivity contribution in [3.63, 3.8) is 0 Å². The fourth-order valence-electron chi connectivity index (χ4n) is 2.41. The monoisotopic (exact) mass is 320 g/mol. The van der Waals surface area contributed by atoms with Crippen molar-refractivity contribution in [2.24, 2.45) is 0 Å². The summed E-state index contributed by atoms with van der Waals surface area (Å²) in [6.45, 7) is 7.54. The zero-order valence-electron chi connectivity index (χ0n) is 11.0. The van der Waals surface area contributed by atoms with E-state index in [1.807, 2.05) is 24.4 Å². The first-order valence-electron chi connectivity index (χ1n) is 6.66. The van der Waals surface area contributed by atoms with E-state index in [0.717, 1.165) is 54.0 Å². The molecule has 0 saturated carbocycles. The van der Waals surface area contributed by atoms with E-state index in [9.17, 15) is 0 Å². The first-order chi connectivity index (χ1) is 9.26. The van der Waals surface area contributed by atoms with Crippen molar-refractivity contribution in [3.05, 3.63) is 28.9 Å². The zero-order valence-corrected chi connectivity index (χ0v) is 12.6. The number of likely N-dealkylation sites (N-methyl/N-ethyl adjacent to an activating group) is 1. The molecule has 4 nitrogen and oxygen atoms in total. The van der Waals surface area contributed by atoms with E-state index < -0.39 is 0 Å². The van der Waals surface area contributed by atoms with Crippen molar-refractivity contribution in [1.82, 2.24) is 14.9 Å². The molecule has 0 unspecified atom stereocenters. The van der Waals surface area contributed by atoms with Crippen LogP contribution in [-0.2, 0) is 0 Å². The number of halogens is 1. The second-order valence-electron chi connectivity index (χ2n) is 4.79. The molecule has 2 aromatic rings. The minimum Gasteiger partial charge on any atom is -0.338 e. The van der Waals surface area contributed by atoms with Crippen LogP contribution >= 0.6 is 15.9 Å². The standard InChI is InChI=1S/C14H17BrN4/c1-2-18-5-7-19(8-6-18)14-16-10-11-9-12(15)3-4-13(11)17-14/h3-4,9-10H,2,5-8H2,1H3. The van der Waals surface area contributed by atoms with Gasteiger partial charge in [0, 0.05) is 42.2 Å². The second kappa shape index (κ2) is 5.43. The number of rotatable bonds is 2. The van der Waals surface area contributed by atoms with E-state index in [0.29, 0.717) is 0 Å². The quantitative estimate of drug-likeness (QED) is 0.851. The fourth-order valence-corrected chi connectivity index (χ4v) is 2.79. The predicted octanol–water partition coefficient (Wildman–Crippen LogP) is 2.53. The van der Waals surface area contributed by atoms with Gasteiger partial charge in [-0.15, -0.1) is 0 Å². The smallest absolute Gasteiger partial charge is 0.225 e. The maximum absolute atomic E-state index is 4.67. The van der Waals surface area contributed by atoms with Crippen molar-refractivity contribution in [2.75, 3.05) is 37.6 Å². The maximum Gasteiger partial charge on any atom is 0.225 e. The number of piperazine rings is 1. The van der Waals surface area contributed by atoms with Crippen LogP contribution < -0.4 is 4.90 Å². The summed E-state index contributed by atoms with van der Waals surface area (Å²) in [5.74, 6) is 0.852. The third-order valence-corrected chi connectivity index (χ3v) is 4.12. The summed E-state index contributed by atoms with van der Waals surface area (Å²) in [6, 6.07) is 6.11. The van der Waals surface area contributed by atoms with Gasteiger partial charge < -0.3 is 9.80 Å². The first kappa shape index (κ1) is 12.8. The molecule has 0 bridgehead atoms. The summed E-state index contributed by atoms with van der Waals surface area (Å²) in [7, 11) is 0. The molecule has 2 heterocycles. The van der Waals surface area contributed by atoms with E-state index in [-0.39, 0.29) is 0 Å². The van der Waals surface area contributed by atoms with Crippen LogP contribution in [0.5, 0.6) is 0 Å². The average Bonchev–Trinajstić information content (AvgIpc) is 2.47. The Morgan fingerprint density at radius 3 is 2.74 bits per heavy atom. The van der Waals surface area contributed by atoms with E-state index in [2.05, 4.69) is 42.6 Å². The second-order valence-corrected chi connectivity index (χ2v) is 5.71. The summed E-state index contributed by atoms with van der Waals surface area (Å²) in [6.07, 6.45) is 1.91. The van der Waals surface area contributed by atoms with Gasteiger partial charge in [0.25, 0.3) is 0 Å². The number of fused-ring (bicyclic) bond motifs is 1. The Balaban J connectivity index is 1.84. The van der Waals surface area contributed by atoms with Crippen LogP contribution in [0.2, 0.25) is 0 Å².